The van der Waals surface area contributed by atoms with E-state index < -0.39 is 5.82 Å². The molecule has 2 N–H and O–H groups in total. The number of aryl methyl sites for hydroxylation is 1. The minimum atomic E-state index is -0.422. The van der Waals surface area contributed by atoms with Gasteiger partial charge in [-0.25, -0.2) is 4.39 Å². The van der Waals surface area contributed by atoms with Gasteiger partial charge in [-0.2, -0.15) is 0 Å². The predicted molar refractivity (Wildman–Crippen MR) is 70.5 cm³/mol. The van der Waals surface area contributed by atoms with Crippen LogP contribution in [-0.2, 0) is 11.2 Å². The number of carbonyl (C=O) groups is 1. The molecular weight excluding hydrogens is 249 g/mol. The highest BCUT2D eigenvalue weighted by Gasteiger charge is 2.07. The second-order valence-electron chi connectivity index (χ2n) is 4.56. The van der Waals surface area contributed by atoms with Gasteiger partial charge in [0.1, 0.15) is 0 Å². The highest BCUT2D eigenvalue weighted by atomic mass is 19.1. The minimum absolute atomic E-state index is 0.0439. The van der Waals surface area contributed by atoms with Crippen molar-refractivity contribution in [1.29, 1.82) is 0 Å². The molecule has 0 saturated carbocycles. The summed E-state index contributed by atoms with van der Waals surface area (Å²) in [5, 5.41) is 11.6. The average Bonchev–Trinajstić information content (AvgIpc) is 2.42. The molecule has 19 heavy (non-hydrogen) atoms. The largest absolute Gasteiger partial charge is 0.494 e. The predicted octanol–water partition coefficient (Wildman–Crippen LogP) is 1.51. The summed E-state index contributed by atoms with van der Waals surface area (Å²) in [5.41, 5.74) is 0.753. The van der Waals surface area contributed by atoms with Gasteiger partial charge in [0.25, 0.3) is 0 Å². The number of rotatable bonds is 7. The first-order valence-corrected chi connectivity index (χ1v) is 6.26. The third kappa shape index (κ3) is 5.26. The summed E-state index contributed by atoms with van der Waals surface area (Å²) in [6.45, 7) is 2.34. The number of hydrogen-bond acceptors (Lipinski definition) is 3. The van der Waals surface area contributed by atoms with Crippen LogP contribution in [-0.4, -0.2) is 31.3 Å². The smallest absolute Gasteiger partial charge is 0.220 e. The van der Waals surface area contributed by atoms with Crippen LogP contribution in [0.15, 0.2) is 18.2 Å². The van der Waals surface area contributed by atoms with E-state index in [1.54, 1.807) is 12.1 Å². The summed E-state index contributed by atoms with van der Waals surface area (Å²) in [5.74, 6) is -0.279. The Morgan fingerprint density at radius 2 is 2.26 bits per heavy atom. The maximum absolute atomic E-state index is 13.4. The van der Waals surface area contributed by atoms with Crippen LogP contribution in [0.2, 0.25) is 0 Å². The molecule has 1 unspecified atom stereocenters. The van der Waals surface area contributed by atoms with Gasteiger partial charge in [-0.15, -0.1) is 0 Å². The second kappa shape index (κ2) is 7.74. The van der Waals surface area contributed by atoms with E-state index in [2.05, 4.69) is 5.32 Å². The summed E-state index contributed by atoms with van der Waals surface area (Å²) >= 11 is 0. The summed E-state index contributed by atoms with van der Waals surface area (Å²) < 4.78 is 18.2. The molecule has 5 heteroatoms. The van der Waals surface area contributed by atoms with Crippen molar-refractivity contribution in [2.75, 3.05) is 20.3 Å². The molecule has 0 aliphatic heterocycles. The number of amides is 1. The van der Waals surface area contributed by atoms with Gasteiger partial charge in [0.05, 0.1) is 7.11 Å². The number of methoxy groups -OCH3 is 1. The molecule has 0 radical (unpaired) electrons. The van der Waals surface area contributed by atoms with Crippen LogP contribution >= 0.6 is 0 Å². The van der Waals surface area contributed by atoms with Crippen LogP contribution < -0.4 is 10.1 Å². The van der Waals surface area contributed by atoms with Crippen LogP contribution in [0.3, 0.4) is 0 Å². The fraction of sp³-hybridized carbons (Fsp3) is 0.500. The van der Waals surface area contributed by atoms with Crippen LogP contribution in [0.1, 0.15) is 18.9 Å². The molecule has 1 rings (SSSR count). The Hall–Kier alpha value is -1.62. The van der Waals surface area contributed by atoms with Crippen molar-refractivity contribution in [3.8, 4) is 5.75 Å². The van der Waals surface area contributed by atoms with Gasteiger partial charge in [-0.05, 0) is 30.0 Å². The van der Waals surface area contributed by atoms with Crippen molar-refractivity contribution < 1.29 is 19.0 Å². The number of nitrogens with one attached hydrogen (secondary N) is 1. The lowest BCUT2D eigenvalue weighted by Gasteiger charge is -2.09. The number of aliphatic hydroxyl groups excluding tert-OH is 1. The molecule has 0 aromatic heterocycles. The highest BCUT2D eigenvalue weighted by molar-refractivity contribution is 5.76. The van der Waals surface area contributed by atoms with Gasteiger partial charge in [0.15, 0.2) is 11.6 Å². The molecular formula is C14H20FNO3. The molecule has 0 aliphatic rings. The molecule has 0 saturated heterocycles. The van der Waals surface area contributed by atoms with E-state index in [4.69, 9.17) is 9.84 Å². The van der Waals surface area contributed by atoms with Crippen molar-refractivity contribution in [1.82, 2.24) is 5.32 Å². The molecule has 106 valence electrons. The van der Waals surface area contributed by atoms with Gasteiger partial charge in [-0.3, -0.25) is 4.79 Å². The fourth-order valence-corrected chi connectivity index (χ4v) is 1.56. The topological polar surface area (TPSA) is 58.6 Å². The molecule has 1 aromatic carbocycles. The number of aliphatic hydroxyl groups is 1. The maximum atomic E-state index is 13.4. The molecule has 0 heterocycles. The van der Waals surface area contributed by atoms with Crippen molar-refractivity contribution in [3.05, 3.63) is 29.6 Å². The highest BCUT2D eigenvalue weighted by Crippen LogP contribution is 2.18. The number of benzene rings is 1. The Labute approximate surface area is 112 Å². The van der Waals surface area contributed by atoms with Crippen molar-refractivity contribution in [2.24, 2.45) is 5.92 Å². The summed E-state index contributed by atoms with van der Waals surface area (Å²) in [6.07, 6.45) is 0.768. The fourth-order valence-electron chi connectivity index (χ4n) is 1.56. The molecule has 0 spiro atoms. The van der Waals surface area contributed by atoms with Crippen LogP contribution in [0, 0.1) is 11.7 Å². The zero-order chi connectivity index (χ0) is 14.3. The molecule has 1 atom stereocenters. The van der Waals surface area contributed by atoms with Gasteiger partial charge >= 0.3 is 0 Å². The molecule has 0 aliphatic carbocycles. The van der Waals surface area contributed by atoms with E-state index in [0.29, 0.717) is 19.4 Å². The Kier molecular flexibility index (Phi) is 6.29. The van der Waals surface area contributed by atoms with Gasteiger partial charge < -0.3 is 15.2 Å². The lowest BCUT2D eigenvalue weighted by atomic mass is 10.1. The van der Waals surface area contributed by atoms with E-state index in [1.807, 2.05) is 6.92 Å². The van der Waals surface area contributed by atoms with Crippen LogP contribution in [0.5, 0.6) is 5.75 Å². The third-order valence-corrected chi connectivity index (χ3v) is 2.82. The van der Waals surface area contributed by atoms with E-state index in [9.17, 15) is 9.18 Å². The molecule has 1 amide bonds. The number of ether oxygens (including phenoxy) is 1. The SMILES string of the molecule is COc1ccc(CCC(=O)NCC(C)CO)cc1F. The van der Waals surface area contributed by atoms with Crippen LogP contribution in [0.4, 0.5) is 4.39 Å². The van der Waals surface area contributed by atoms with Crippen molar-refractivity contribution >= 4 is 5.91 Å². The first-order chi connectivity index (χ1) is 9.06. The van der Waals surface area contributed by atoms with Crippen LogP contribution in [0.25, 0.3) is 0 Å². The van der Waals surface area contributed by atoms with Crippen molar-refractivity contribution in [3.63, 3.8) is 0 Å². The number of hydrogen-bond donors (Lipinski definition) is 2. The minimum Gasteiger partial charge on any atom is -0.494 e. The summed E-state index contributed by atoms with van der Waals surface area (Å²) in [6, 6.07) is 4.67. The van der Waals surface area contributed by atoms with E-state index in [0.717, 1.165) is 5.56 Å². The molecule has 0 bridgehead atoms. The Balaban J connectivity index is 2.40. The zero-order valence-electron chi connectivity index (χ0n) is 11.3. The molecule has 4 nitrogen and oxygen atoms in total. The molecule has 1 aromatic rings. The summed E-state index contributed by atoms with van der Waals surface area (Å²) in [7, 11) is 1.41. The van der Waals surface area contributed by atoms with Gasteiger partial charge in [0, 0.05) is 19.6 Å². The van der Waals surface area contributed by atoms with E-state index in [-0.39, 0.29) is 24.2 Å². The number of halogens is 1. The quantitative estimate of drug-likeness (QED) is 0.789. The number of carbonyl (C=O) groups excluding carboxylic acids is 1. The van der Waals surface area contributed by atoms with Gasteiger partial charge in [-0.1, -0.05) is 13.0 Å². The lowest BCUT2D eigenvalue weighted by molar-refractivity contribution is -0.121. The molecule has 0 fully saturated rings. The zero-order valence-corrected chi connectivity index (χ0v) is 11.3. The summed E-state index contributed by atoms with van der Waals surface area (Å²) in [4.78, 5) is 11.5. The van der Waals surface area contributed by atoms with Gasteiger partial charge in [0.2, 0.25) is 5.91 Å². The van der Waals surface area contributed by atoms with E-state index >= 15 is 0 Å². The maximum Gasteiger partial charge on any atom is 0.220 e. The average molecular weight is 269 g/mol. The first-order valence-electron chi connectivity index (χ1n) is 6.26. The lowest BCUT2D eigenvalue weighted by Crippen LogP contribution is -2.29. The second-order valence-corrected chi connectivity index (χ2v) is 4.56. The van der Waals surface area contributed by atoms with Crippen molar-refractivity contribution in [2.45, 2.75) is 19.8 Å². The standard InChI is InChI=1S/C14H20FNO3/c1-10(9-17)8-16-14(18)6-4-11-3-5-13(19-2)12(15)7-11/h3,5,7,10,17H,4,6,8-9H2,1-2H3,(H,16,18). The third-order valence-electron chi connectivity index (χ3n) is 2.82. The monoisotopic (exact) mass is 269 g/mol. The Bertz CT molecular complexity index is 423. The van der Waals surface area contributed by atoms with E-state index in [1.165, 1.54) is 13.2 Å². The first kappa shape index (κ1) is 15.4. The Morgan fingerprint density at radius 1 is 1.53 bits per heavy atom. The normalized spacial score (nSPS) is 12.0. The Morgan fingerprint density at radius 3 is 2.84 bits per heavy atom.